The maximum atomic E-state index is 12.8. The van der Waals surface area contributed by atoms with Crippen molar-refractivity contribution in [2.75, 3.05) is 11.9 Å². The number of rotatable bonds is 7. The van der Waals surface area contributed by atoms with Crippen molar-refractivity contribution in [3.63, 3.8) is 0 Å². The van der Waals surface area contributed by atoms with E-state index in [2.05, 4.69) is 36.5 Å². The van der Waals surface area contributed by atoms with E-state index in [1.165, 1.54) is 5.56 Å². The van der Waals surface area contributed by atoms with Gasteiger partial charge in [0, 0.05) is 17.5 Å². The fourth-order valence-electron chi connectivity index (χ4n) is 4.07. The number of carbonyl (C=O) groups excluding carboxylic acids is 2. The second kappa shape index (κ2) is 9.26. The molecule has 1 aliphatic carbocycles. The van der Waals surface area contributed by atoms with Gasteiger partial charge in [-0.25, -0.2) is 4.79 Å². The molecule has 1 aromatic rings. The number of nitrogens with zero attached hydrogens (tertiary/aromatic N) is 1. The van der Waals surface area contributed by atoms with Crippen LogP contribution in [0.2, 0.25) is 0 Å². The van der Waals surface area contributed by atoms with Crippen LogP contribution in [0, 0.1) is 0 Å². The van der Waals surface area contributed by atoms with Crippen molar-refractivity contribution in [2.24, 2.45) is 0 Å². The maximum Gasteiger partial charge on any atom is 0.413 e. The van der Waals surface area contributed by atoms with Crippen LogP contribution in [0.1, 0.15) is 79.2 Å². The molecular weight excluding hydrogens is 404 g/mol. The molecule has 1 heterocycles. The van der Waals surface area contributed by atoms with E-state index < -0.39 is 11.3 Å². The minimum Gasteiger partial charge on any atom is -0.444 e. The number of ether oxygens (including phenoxy) is 2. The summed E-state index contributed by atoms with van der Waals surface area (Å²) in [5.74, 6) is 0.0618. The summed E-state index contributed by atoms with van der Waals surface area (Å²) in [6.45, 7) is 11.9. The van der Waals surface area contributed by atoms with E-state index in [1.54, 1.807) is 4.90 Å². The van der Waals surface area contributed by atoms with E-state index in [0.717, 1.165) is 31.4 Å². The normalized spacial score (nSPS) is 21.6. The van der Waals surface area contributed by atoms with Gasteiger partial charge >= 0.3 is 6.09 Å². The summed E-state index contributed by atoms with van der Waals surface area (Å²) in [5, 5.41) is 2.97. The van der Waals surface area contributed by atoms with E-state index >= 15 is 0 Å². The molecule has 176 valence electrons. The van der Waals surface area contributed by atoms with E-state index in [1.807, 2.05) is 46.8 Å². The number of allylic oxidation sites excluding steroid dienone is 1. The third kappa shape index (κ3) is 5.91. The quantitative estimate of drug-likeness (QED) is 0.544. The fraction of sp³-hybridized carbons (Fsp3) is 0.615. The highest BCUT2D eigenvalue weighted by atomic mass is 16.6. The van der Waals surface area contributed by atoms with E-state index in [0.29, 0.717) is 13.0 Å². The first-order chi connectivity index (χ1) is 15.0. The molecule has 1 aromatic carbocycles. The lowest BCUT2D eigenvalue weighted by molar-refractivity contribution is -0.116. The van der Waals surface area contributed by atoms with E-state index in [4.69, 9.17) is 9.47 Å². The van der Waals surface area contributed by atoms with Gasteiger partial charge in [-0.3, -0.25) is 9.69 Å². The third-order valence-corrected chi connectivity index (χ3v) is 6.04. The van der Waals surface area contributed by atoms with Crippen LogP contribution in [-0.4, -0.2) is 40.9 Å². The molecule has 1 aliphatic heterocycles. The van der Waals surface area contributed by atoms with Gasteiger partial charge in [-0.05, 0) is 71.6 Å². The molecule has 0 aromatic heterocycles. The van der Waals surface area contributed by atoms with Crippen molar-refractivity contribution in [1.82, 2.24) is 4.90 Å². The summed E-state index contributed by atoms with van der Waals surface area (Å²) in [5.41, 5.74) is 0.761. The van der Waals surface area contributed by atoms with Crippen molar-refractivity contribution >= 4 is 17.7 Å². The maximum absolute atomic E-state index is 12.8. The first-order valence-corrected chi connectivity index (χ1v) is 11.7. The number of anilines is 1. The average molecular weight is 443 g/mol. The lowest BCUT2D eigenvalue weighted by Crippen LogP contribution is -2.49. The highest BCUT2D eigenvalue weighted by Gasteiger charge is 2.46. The van der Waals surface area contributed by atoms with Crippen molar-refractivity contribution in [2.45, 2.75) is 96.4 Å². The summed E-state index contributed by atoms with van der Waals surface area (Å²) in [4.78, 5) is 26.5. The molecule has 1 saturated carbocycles. The molecule has 0 radical (unpaired) electrons. The van der Waals surface area contributed by atoms with Gasteiger partial charge in [-0.2, -0.15) is 0 Å². The lowest BCUT2D eigenvalue weighted by Gasteiger charge is -2.34. The second-order valence-electron chi connectivity index (χ2n) is 10.4. The summed E-state index contributed by atoms with van der Waals surface area (Å²) in [7, 11) is 0. The number of hydrogen-bond acceptors (Lipinski definition) is 4. The van der Waals surface area contributed by atoms with Gasteiger partial charge in [0.05, 0.1) is 12.6 Å². The van der Waals surface area contributed by atoms with Crippen LogP contribution in [0.25, 0.3) is 0 Å². The highest BCUT2D eigenvalue weighted by Crippen LogP contribution is 2.50. The highest BCUT2D eigenvalue weighted by molar-refractivity contribution is 5.90. The van der Waals surface area contributed by atoms with Gasteiger partial charge in [0.2, 0.25) is 5.91 Å². The SMILES string of the molecule is CCCCC(=O)Nc1ccc(C2(C=CC3COC(C)(C)N3C(=O)OC(C)(C)C)CC2)cc1. The molecule has 2 amide bonds. The Labute approximate surface area is 192 Å². The molecular formula is C26H38N2O4. The largest absolute Gasteiger partial charge is 0.444 e. The van der Waals surface area contributed by atoms with Crippen molar-refractivity contribution in [3.05, 3.63) is 42.0 Å². The van der Waals surface area contributed by atoms with Crippen LogP contribution in [-0.2, 0) is 19.7 Å². The minimum absolute atomic E-state index is 0.0168. The fourth-order valence-corrected chi connectivity index (χ4v) is 4.07. The molecule has 0 spiro atoms. The Morgan fingerprint density at radius 2 is 1.88 bits per heavy atom. The van der Waals surface area contributed by atoms with Crippen LogP contribution in [0.3, 0.4) is 0 Å². The molecule has 32 heavy (non-hydrogen) atoms. The smallest absolute Gasteiger partial charge is 0.413 e. The number of unbranched alkanes of at least 4 members (excludes halogenated alkanes) is 1. The molecule has 2 fully saturated rings. The summed E-state index contributed by atoms with van der Waals surface area (Å²) >= 11 is 0. The zero-order valence-electron chi connectivity index (χ0n) is 20.4. The Balaban J connectivity index is 1.68. The molecule has 1 atom stereocenters. The molecule has 0 bridgehead atoms. The van der Waals surface area contributed by atoms with Crippen molar-refractivity contribution in [3.8, 4) is 0 Å². The van der Waals surface area contributed by atoms with Crippen molar-refractivity contribution < 1.29 is 19.1 Å². The van der Waals surface area contributed by atoms with Crippen LogP contribution < -0.4 is 5.32 Å². The van der Waals surface area contributed by atoms with Gasteiger partial charge in [0.15, 0.2) is 0 Å². The van der Waals surface area contributed by atoms with Crippen LogP contribution in [0.4, 0.5) is 10.5 Å². The molecule has 1 N–H and O–H groups in total. The van der Waals surface area contributed by atoms with Crippen LogP contribution in [0.5, 0.6) is 0 Å². The third-order valence-electron chi connectivity index (χ3n) is 6.04. The Hall–Kier alpha value is -2.34. The van der Waals surface area contributed by atoms with E-state index in [9.17, 15) is 9.59 Å². The van der Waals surface area contributed by atoms with Gasteiger partial charge < -0.3 is 14.8 Å². The Kier molecular flexibility index (Phi) is 7.03. The number of benzene rings is 1. The number of amides is 2. The summed E-state index contributed by atoms with van der Waals surface area (Å²) in [6.07, 6.45) is 8.54. The predicted octanol–water partition coefficient (Wildman–Crippen LogP) is 5.78. The van der Waals surface area contributed by atoms with Crippen molar-refractivity contribution in [1.29, 1.82) is 0 Å². The van der Waals surface area contributed by atoms with Crippen LogP contribution in [0.15, 0.2) is 36.4 Å². The van der Waals surface area contributed by atoms with Gasteiger partial charge in [0.1, 0.15) is 11.3 Å². The Bertz CT molecular complexity index is 848. The first-order valence-electron chi connectivity index (χ1n) is 11.7. The molecule has 2 aliphatic rings. The van der Waals surface area contributed by atoms with E-state index in [-0.39, 0.29) is 23.5 Å². The number of hydrogen-bond donors (Lipinski definition) is 1. The topological polar surface area (TPSA) is 67.9 Å². The average Bonchev–Trinajstić information content (AvgIpc) is 3.42. The first kappa shape index (κ1) is 24.3. The molecule has 3 rings (SSSR count). The lowest BCUT2D eigenvalue weighted by atomic mass is 9.94. The van der Waals surface area contributed by atoms with Gasteiger partial charge in [-0.1, -0.05) is 37.6 Å². The zero-order valence-corrected chi connectivity index (χ0v) is 20.4. The minimum atomic E-state index is -0.717. The molecule has 6 nitrogen and oxygen atoms in total. The summed E-state index contributed by atoms with van der Waals surface area (Å²) < 4.78 is 11.5. The number of nitrogens with one attached hydrogen (secondary N) is 1. The molecule has 1 saturated heterocycles. The Morgan fingerprint density at radius 1 is 1.22 bits per heavy atom. The molecule has 1 unspecified atom stereocenters. The number of carbonyl (C=O) groups is 2. The monoisotopic (exact) mass is 442 g/mol. The zero-order chi connectivity index (χ0) is 23.6. The second-order valence-corrected chi connectivity index (χ2v) is 10.4. The standard InChI is InChI=1S/C26H38N2O4/c1-7-8-9-22(29)27-20-12-10-19(11-13-20)26(16-17-26)15-14-21-18-31-25(5,6)28(21)23(30)32-24(2,3)4/h10-15,21H,7-9,16-18H2,1-6H3,(H,27,29). The van der Waals surface area contributed by atoms with Crippen LogP contribution >= 0.6 is 0 Å². The Morgan fingerprint density at radius 3 is 2.44 bits per heavy atom. The predicted molar refractivity (Wildman–Crippen MR) is 127 cm³/mol. The molecule has 6 heteroatoms. The van der Waals surface area contributed by atoms with Gasteiger partial charge in [0.25, 0.3) is 0 Å². The van der Waals surface area contributed by atoms with Gasteiger partial charge in [-0.15, -0.1) is 0 Å². The summed E-state index contributed by atoms with van der Waals surface area (Å²) in [6, 6.07) is 7.96.